The van der Waals surface area contributed by atoms with Gasteiger partial charge in [0.1, 0.15) is 12.1 Å². The van der Waals surface area contributed by atoms with Gasteiger partial charge >= 0.3 is 0 Å². The number of carbonyl (C=O) groups is 4. The average Bonchev–Trinajstić information content (AvgIpc) is 2.84. The zero-order valence-electron chi connectivity index (χ0n) is 19.7. The van der Waals surface area contributed by atoms with Crippen molar-refractivity contribution in [3.8, 4) is 0 Å². The molecule has 0 fully saturated rings. The minimum Gasteiger partial charge on any atom is -0.347 e. The predicted molar refractivity (Wildman–Crippen MR) is 138 cm³/mol. The van der Waals surface area contributed by atoms with Gasteiger partial charge in [-0.15, -0.1) is 0 Å². The maximum absolute atomic E-state index is 12.6. The van der Waals surface area contributed by atoms with Gasteiger partial charge in [0.2, 0.25) is 11.8 Å². The number of rotatable bonds is 11. The van der Waals surface area contributed by atoms with Crippen LogP contribution in [0.1, 0.15) is 20.7 Å². The Hall–Kier alpha value is -2.98. The van der Waals surface area contributed by atoms with E-state index in [4.69, 9.17) is 0 Å². The van der Waals surface area contributed by atoms with Crippen molar-refractivity contribution in [1.82, 2.24) is 20.4 Å². The number of benzene rings is 2. The maximum atomic E-state index is 12.6. The van der Waals surface area contributed by atoms with Gasteiger partial charge in [0, 0.05) is 50.8 Å². The standard InChI is InChI=1S/C24H30N4O4S2/c1-27(2)23(31)19(25-21(29)17-11-7-5-8-12-17)15-33-34-16-20(24(32)28(3)4)26-22(30)18-13-9-6-10-14-18/h5-14,19-20H,15-16H2,1-4H3,(H,25,29)(H,26,30)/t19-,20-/m0/s1. The summed E-state index contributed by atoms with van der Waals surface area (Å²) in [6.45, 7) is 0. The summed E-state index contributed by atoms with van der Waals surface area (Å²) >= 11 is 0. The van der Waals surface area contributed by atoms with Crippen LogP contribution in [0.2, 0.25) is 0 Å². The van der Waals surface area contributed by atoms with E-state index in [1.807, 2.05) is 12.1 Å². The highest BCUT2D eigenvalue weighted by molar-refractivity contribution is 8.76. The van der Waals surface area contributed by atoms with Crippen LogP contribution in [0, 0.1) is 0 Å². The summed E-state index contributed by atoms with van der Waals surface area (Å²) in [6, 6.07) is 15.9. The minimum atomic E-state index is -0.734. The van der Waals surface area contributed by atoms with Crippen LogP contribution in [0.5, 0.6) is 0 Å². The Morgan fingerprint density at radius 1 is 0.647 bits per heavy atom. The van der Waals surface area contributed by atoms with Gasteiger partial charge in [-0.1, -0.05) is 58.0 Å². The Kier molecular flexibility index (Phi) is 11.0. The van der Waals surface area contributed by atoms with Gasteiger partial charge in [-0.3, -0.25) is 19.2 Å². The van der Waals surface area contributed by atoms with Gasteiger partial charge in [0.25, 0.3) is 11.8 Å². The van der Waals surface area contributed by atoms with E-state index in [0.29, 0.717) is 22.6 Å². The van der Waals surface area contributed by atoms with E-state index in [-0.39, 0.29) is 23.6 Å². The van der Waals surface area contributed by atoms with Gasteiger partial charge < -0.3 is 20.4 Å². The molecule has 0 aliphatic heterocycles. The number of hydrogen-bond donors (Lipinski definition) is 2. The van der Waals surface area contributed by atoms with E-state index >= 15 is 0 Å². The summed E-state index contributed by atoms with van der Waals surface area (Å²) in [5, 5.41) is 5.58. The second-order valence-corrected chi connectivity index (χ2v) is 10.4. The lowest BCUT2D eigenvalue weighted by Gasteiger charge is -2.23. The third-order valence-corrected chi connectivity index (χ3v) is 7.14. The van der Waals surface area contributed by atoms with Gasteiger partial charge in [-0.05, 0) is 24.3 Å². The average molecular weight is 503 g/mol. The van der Waals surface area contributed by atoms with Crippen molar-refractivity contribution in [1.29, 1.82) is 0 Å². The molecular weight excluding hydrogens is 472 g/mol. The largest absolute Gasteiger partial charge is 0.347 e. The molecule has 0 aromatic heterocycles. The van der Waals surface area contributed by atoms with Gasteiger partial charge in [-0.2, -0.15) is 0 Å². The van der Waals surface area contributed by atoms with Gasteiger partial charge in [0.05, 0.1) is 0 Å². The molecule has 0 aliphatic rings. The molecule has 2 aromatic rings. The van der Waals surface area contributed by atoms with Gasteiger partial charge in [-0.25, -0.2) is 0 Å². The molecule has 2 N–H and O–H groups in total. The Morgan fingerprint density at radius 3 is 1.26 bits per heavy atom. The molecule has 2 rings (SSSR count). The molecule has 2 aromatic carbocycles. The summed E-state index contributed by atoms with van der Waals surface area (Å²) < 4.78 is 0. The fraction of sp³-hybridized carbons (Fsp3) is 0.333. The molecule has 2 atom stereocenters. The van der Waals surface area contributed by atoms with E-state index in [2.05, 4.69) is 10.6 Å². The molecule has 0 aliphatic carbocycles. The van der Waals surface area contributed by atoms with Crippen LogP contribution in [0.3, 0.4) is 0 Å². The van der Waals surface area contributed by atoms with Crippen molar-refractivity contribution in [2.75, 3.05) is 39.7 Å². The molecule has 0 heterocycles. The third-order valence-electron chi connectivity index (χ3n) is 4.71. The molecule has 10 heteroatoms. The van der Waals surface area contributed by atoms with Crippen LogP contribution < -0.4 is 10.6 Å². The van der Waals surface area contributed by atoms with E-state index in [0.717, 1.165) is 0 Å². The van der Waals surface area contributed by atoms with Crippen LogP contribution in [0.4, 0.5) is 0 Å². The van der Waals surface area contributed by atoms with Crippen molar-refractivity contribution in [2.24, 2.45) is 0 Å². The molecule has 0 radical (unpaired) electrons. The summed E-state index contributed by atoms with van der Waals surface area (Å²) in [5.74, 6) is -0.512. The Bertz CT molecular complexity index is 892. The Morgan fingerprint density at radius 2 is 0.971 bits per heavy atom. The van der Waals surface area contributed by atoms with Crippen LogP contribution in [-0.2, 0) is 9.59 Å². The fourth-order valence-electron chi connectivity index (χ4n) is 2.87. The number of nitrogens with one attached hydrogen (secondary N) is 2. The molecular formula is C24H30N4O4S2. The molecule has 0 bridgehead atoms. The van der Waals surface area contributed by atoms with Crippen molar-refractivity contribution in [3.63, 3.8) is 0 Å². The molecule has 182 valence electrons. The van der Waals surface area contributed by atoms with E-state index in [9.17, 15) is 19.2 Å². The minimum absolute atomic E-state index is 0.226. The van der Waals surface area contributed by atoms with Crippen LogP contribution in [0.25, 0.3) is 0 Å². The van der Waals surface area contributed by atoms with Crippen LogP contribution in [-0.4, -0.2) is 85.2 Å². The number of hydrogen-bond acceptors (Lipinski definition) is 6. The van der Waals surface area contributed by atoms with Crippen molar-refractivity contribution < 1.29 is 19.2 Å². The number of likely N-dealkylation sites (N-methyl/N-ethyl adjacent to an activating group) is 2. The quantitative estimate of drug-likeness (QED) is 0.361. The summed E-state index contributed by atoms with van der Waals surface area (Å²) in [4.78, 5) is 53.2. The summed E-state index contributed by atoms with van der Waals surface area (Å²) in [7, 11) is 9.24. The normalized spacial score (nSPS) is 12.2. The van der Waals surface area contributed by atoms with E-state index < -0.39 is 12.1 Å². The summed E-state index contributed by atoms with van der Waals surface area (Å²) in [6.07, 6.45) is 0. The number of amides is 4. The van der Waals surface area contributed by atoms with Gasteiger partial charge in [0.15, 0.2) is 0 Å². The first-order chi connectivity index (χ1) is 16.2. The molecule has 8 nitrogen and oxygen atoms in total. The van der Waals surface area contributed by atoms with Crippen LogP contribution in [0.15, 0.2) is 60.7 Å². The van der Waals surface area contributed by atoms with Crippen molar-refractivity contribution >= 4 is 45.2 Å². The van der Waals surface area contributed by atoms with Crippen LogP contribution >= 0.6 is 21.6 Å². The lowest BCUT2D eigenvalue weighted by molar-refractivity contribution is -0.130. The lowest BCUT2D eigenvalue weighted by atomic mass is 10.2. The molecule has 4 amide bonds. The maximum Gasteiger partial charge on any atom is 0.251 e. The second kappa shape index (κ2) is 13.7. The van der Waals surface area contributed by atoms with Crippen molar-refractivity contribution in [2.45, 2.75) is 12.1 Å². The lowest BCUT2D eigenvalue weighted by Crippen LogP contribution is -2.48. The summed E-state index contributed by atoms with van der Waals surface area (Å²) in [5.41, 5.74) is 0.939. The van der Waals surface area contributed by atoms with E-state index in [1.165, 1.54) is 31.4 Å². The monoisotopic (exact) mass is 502 g/mol. The molecule has 0 spiro atoms. The second-order valence-electron chi connectivity index (χ2n) is 7.82. The van der Waals surface area contributed by atoms with Crippen molar-refractivity contribution in [3.05, 3.63) is 71.8 Å². The number of nitrogens with zero attached hydrogens (tertiary/aromatic N) is 2. The number of carbonyl (C=O) groups excluding carboxylic acids is 4. The zero-order chi connectivity index (χ0) is 25.1. The molecule has 34 heavy (non-hydrogen) atoms. The molecule has 0 saturated heterocycles. The smallest absolute Gasteiger partial charge is 0.251 e. The SMILES string of the molecule is CN(C)C(=O)[C@H](CSSC[C@H](NC(=O)c1ccccc1)C(=O)N(C)C)NC(=O)c1ccccc1. The topological polar surface area (TPSA) is 98.8 Å². The van der Waals surface area contributed by atoms with E-state index in [1.54, 1.807) is 76.7 Å². The molecule has 0 saturated carbocycles. The third kappa shape index (κ3) is 8.42. The Balaban J connectivity index is 1.98. The first-order valence-electron chi connectivity index (χ1n) is 10.6. The first-order valence-corrected chi connectivity index (χ1v) is 13.1. The highest BCUT2D eigenvalue weighted by atomic mass is 33.1. The molecule has 0 unspecified atom stereocenters. The zero-order valence-corrected chi connectivity index (χ0v) is 21.3. The highest BCUT2D eigenvalue weighted by Gasteiger charge is 2.26. The fourth-order valence-corrected chi connectivity index (χ4v) is 5.18. The predicted octanol–water partition coefficient (Wildman–Crippen LogP) is 2.14. The Labute approximate surface area is 208 Å². The highest BCUT2D eigenvalue weighted by Crippen LogP contribution is 2.24. The first kappa shape index (κ1) is 27.3.